The number of carboxylic acid groups (broad SMARTS) is 1. The number of nitro groups is 2. The number of benzene rings is 2. The average molecular weight is 320 g/mol. The van der Waals surface area contributed by atoms with E-state index in [0.29, 0.717) is 5.56 Å². The van der Waals surface area contributed by atoms with Crippen molar-refractivity contribution in [1.82, 2.24) is 0 Å². The zero-order valence-corrected chi connectivity index (χ0v) is 11.7. The SMILES string of the molecule is O=C(O)Cc1ccc(O)cc1.O=[N+]([O-])c1cccc([N+](=O)[O-])c1. The molecule has 0 fully saturated rings. The molecule has 0 radical (unpaired) electrons. The van der Waals surface area contributed by atoms with Crippen LogP contribution in [0.3, 0.4) is 0 Å². The average Bonchev–Trinajstić information content (AvgIpc) is 2.50. The predicted octanol–water partition coefficient (Wildman–Crippen LogP) is 2.52. The molecule has 0 saturated heterocycles. The molecule has 120 valence electrons. The van der Waals surface area contributed by atoms with Crippen molar-refractivity contribution >= 4 is 17.3 Å². The van der Waals surface area contributed by atoms with Crippen LogP contribution in [0.15, 0.2) is 48.5 Å². The Hall–Kier alpha value is -3.49. The molecular weight excluding hydrogens is 308 g/mol. The molecule has 9 nitrogen and oxygen atoms in total. The van der Waals surface area contributed by atoms with E-state index in [2.05, 4.69) is 0 Å². The van der Waals surface area contributed by atoms with E-state index < -0.39 is 15.8 Å². The maximum atomic E-state index is 10.2. The quantitative estimate of drug-likeness (QED) is 0.650. The first-order chi connectivity index (χ1) is 10.8. The summed E-state index contributed by atoms with van der Waals surface area (Å²) < 4.78 is 0. The first kappa shape index (κ1) is 17.6. The number of carboxylic acids is 1. The number of phenols is 1. The zero-order chi connectivity index (χ0) is 17.4. The first-order valence-corrected chi connectivity index (χ1v) is 6.18. The van der Waals surface area contributed by atoms with Gasteiger partial charge >= 0.3 is 5.97 Å². The number of phenolic OH excluding ortho intramolecular Hbond substituents is 1. The monoisotopic (exact) mass is 320 g/mol. The minimum Gasteiger partial charge on any atom is -0.508 e. The van der Waals surface area contributed by atoms with Crippen LogP contribution in [0.25, 0.3) is 0 Å². The van der Waals surface area contributed by atoms with Crippen LogP contribution in [0, 0.1) is 20.2 Å². The van der Waals surface area contributed by atoms with Gasteiger partial charge in [0.25, 0.3) is 11.4 Å². The van der Waals surface area contributed by atoms with Crippen molar-refractivity contribution in [1.29, 1.82) is 0 Å². The van der Waals surface area contributed by atoms with E-state index in [-0.39, 0.29) is 23.5 Å². The van der Waals surface area contributed by atoms with Crippen LogP contribution in [0.2, 0.25) is 0 Å². The second kappa shape index (κ2) is 8.08. The van der Waals surface area contributed by atoms with Crippen molar-refractivity contribution in [2.45, 2.75) is 6.42 Å². The third-order valence-corrected chi connectivity index (χ3v) is 2.54. The summed E-state index contributed by atoms with van der Waals surface area (Å²) in [5.74, 6) is -0.713. The lowest BCUT2D eigenvalue weighted by atomic mass is 10.1. The molecule has 2 aromatic carbocycles. The second-order valence-corrected chi connectivity index (χ2v) is 4.27. The molecular formula is C14H12N2O7. The summed E-state index contributed by atoms with van der Waals surface area (Å²) in [5.41, 5.74) is 0.142. The van der Waals surface area contributed by atoms with Gasteiger partial charge in [-0.15, -0.1) is 0 Å². The van der Waals surface area contributed by atoms with Crippen LogP contribution in [0.4, 0.5) is 11.4 Å². The van der Waals surface area contributed by atoms with Crippen LogP contribution in [0.5, 0.6) is 5.75 Å². The highest BCUT2D eigenvalue weighted by atomic mass is 16.6. The summed E-state index contributed by atoms with van der Waals surface area (Å²) >= 11 is 0. The summed E-state index contributed by atoms with van der Waals surface area (Å²) in [6.45, 7) is 0. The highest BCUT2D eigenvalue weighted by Crippen LogP contribution is 2.18. The Bertz CT molecular complexity index is 684. The largest absolute Gasteiger partial charge is 0.508 e. The summed E-state index contributed by atoms with van der Waals surface area (Å²) in [5, 5.41) is 37.5. The molecule has 2 aromatic rings. The lowest BCUT2D eigenvalue weighted by molar-refractivity contribution is -0.394. The van der Waals surface area contributed by atoms with Gasteiger partial charge in [-0.05, 0) is 23.8 Å². The molecule has 23 heavy (non-hydrogen) atoms. The Morgan fingerprint density at radius 1 is 0.957 bits per heavy atom. The van der Waals surface area contributed by atoms with Gasteiger partial charge in [0.05, 0.1) is 22.3 Å². The lowest BCUT2D eigenvalue weighted by Crippen LogP contribution is -1.98. The Morgan fingerprint density at radius 3 is 1.83 bits per heavy atom. The Morgan fingerprint density at radius 2 is 1.43 bits per heavy atom. The number of nitrogens with zero attached hydrogens (tertiary/aromatic N) is 2. The predicted molar refractivity (Wildman–Crippen MR) is 79.2 cm³/mol. The Labute approximate surface area is 129 Å². The molecule has 9 heteroatoms. The zero-order valence-electron chi connectivity index (χ0n) is 11.7. The van der Waals surface area contributed by atoms with Gasteiger partial charge in [-0.3, -0.25) is 25.0 Å². The molecule has 0 heterocycles. The number of aromatic hydroxyl groups is 1. The van der Waals surface area contributed by atoms with E-state index >= 15 is 0 Å². The molecule has 0 atom stereocenters. The van der Waals surface area contributed by atoms with Crippen LogP contribution in [-0.4, -0.2) is 26.0 Å². The molecule has 0 amide bonds. The van der Waals surface area contributed by atoms with Gasteiger partial charge in [-0.25, -0.2) is 0 Å². The third kappa shape index (κ3) is 6.21. The second-order valence-electron chi connectivity index (χ2n) is 4.27. The fourth-order valence-corrected chi connectivity index (χ4v) is 1.51. The summed E-state index contributed by atoms with van der Waals surface area (Å²) in [4.78, 5) is 29.2. The molecule has 0 aliphatic carbocycles. The van der Waals surface area contributed by atoms with E-state index in [4.69, 9.17) is 10.2 Å². The standard InChI is InChI=1S/C8H8O3.C6H4N2O4/c9-7-3-1-6(2-4-7)5-8(10)11;9-7(10)5-2-1-3-6(4-5)8(11)12/h1-4,9H,5H2,(H,10,11);1-4H. The molecule has 0 spiro atoms. The molecule has 0 bridgehead atoms. The van der Waals surface area contributed by atoms with Gasteiger partial charge in [-0.1, -0.05) is 12.1 Å². The van der Waals surface area contributed by atoms with Crippen molar-refractivity contribution in [3.63, 3.8) is 0 Å². The van der Waals surface area contributed by atoms with Crippen LogP contribution in [-0.2, 0) is 11.2 Å². The van der Waals surface area contributed by atoms with Gasteiger partial charge in [0, 0.05) is 12.1 Å². The molecule has 0 unspecified atom stereocenters. The van der Waals surface area contributed by atoms with E-state index in [0.717, 1.165) is 6.07 Å². The number of aliphatic carboxylic acids is 1. The lowest BCUT2D eigenvalue weighted by Gasteiger charge is -1.95. The van der Waals surface area contributed by atoms with Gasteiger partial charge in [-0.2, -0.15) is 0 Å². The Kier molecular flexibility index (Phi) is 6.17. The maximum absolute atomic E-state index is 10.2. The molecule has 2 rings (SSSR count). The van der Waals surface area contributed by atoms with Crippen molar-refractivity contribution in [2.24, 2.45) is 0 Å². The van der Waals surface area contributed by atoms with E-state index in [1.807, 2.05) is 0 Å². The number of hydrogen-bond acceptors (Lipinski definition) is 6. The van der Waals surface area contributed by atoms with E-state index in [1.54, 1.807) is 12.1 Å². The minimum atomic E-state index is -0.865. The summed E-state index contributed by atoms with van der Waals surface area (Å²) in [7, 11) is 0. The molecule has 0 aliphatic rings. The topological polar surface area (TPSA) is 144 Å². The van der Waals surface area contributed by atoms with Gasteiger partial charge in [0.1, 0.15) is 5.75 Å². The van der Waals surface area contributed by atoms with Gasteiger partial charge in [0.2, 0.25) is 0 Å². The Balaban J connectivity index is 0.000000231. The first-order valence-electron chi connectivity index (χ1n) is 6.18. The number of rotatable bonds is 4. The molecule has 0 aliphatic heterocycles. The van der Waals surface area contributed by atoms with Crippen molar-refractivity contribution in [3.05, 3.63) is 74.3 Å². The molecule has 2 N–H and O–H groups in total. The van der Waals surface area contributed by atoms with Crippen LogP contribution >= 0.6 is 0 Å². The van der Waals surface area contributed by atoms with Crippen LogP contribution in [0.1, 0.15) is 5.56 Å². The molecule has 0 saturated carbocycles. The number of non-ortho nitro benzene ring substituents is 2. The fourth-order valence-electron chi connectivity index (χ4n) is 1.51. The van der Waals surface area contributed by atoms with Crippen molar-refractivity contribution in [2.75, 3.05) is 0 Å². The molecule has 0 aromatic heterocycles. The highest BCUT2D eigenvalue weighted by Gasteiger charge is 2.11. The summed E-state index contributed by atoms with van der Waals surface area (Å²) in [6.07, 6.45) is 0.000278. The van der Waals surface area contributed by atoms with Crippen molar-refractivity contribution in [3.8, 4) is 5.75 Å². The van der Waals surface area contributed by atoms with Crippen molar-refractivity contribution < 1.29 is 24.9 Å². The fraction of sp³-hybridized carbons (Fsp3) is 0.0714. The maximum Gasteiger partial charge on any atom is 0.307 e. The summed E-state index contributed by atoms with van der Waals surface area (Å²) in [6, 6.07) is 10.7. The highest BCUT2D eigenvalue weighted by molar-refractivity contribution is 5.70. The van der Waals surface area contributed by atoms with Gasteiger partial charge in [0.15, 0.2) is 0 Å². The number of hydrogen-bond donors (Lipinski definition) is 2. The third-order valence-electron chi connectivity index (χ3n) is 2.54. The normalized spacial score (nSPS) is 9.39. The number of nitro benzene ring substituents is 2. The van der Waals surface area contributed by atoms with Crippen LogP contribution < -0.4 is 0 Å². The van der Waals surface area contributed by atoms with E-state index in [9.17, 15) is 25.0 Å². The number of carbonyl (C=O) groups is 1. The minimum absolute atomic E-state index is 0.000278. The smallest absolute Gasteiger partial charge is 0.307 e. The van der Waals surface area contributed by atoms with Gasteiger partial charge < -0.3 is 10.2 Å². The van der Waals surface area contributed by atoms with E-state index in [1.165, 1.54) is 30.3 Å².